The summed E-state index contributed by atoms with van der Waals surface area (Å²) in [5.74, 6) is -0.0554. The zero-order valence-electron chi connectivity index (χ0n) is 18.0. The lowest BCUT2D eigenvalue weighted by Gasteiger charge is -2.15. The number of sulfone groups is 1. The van der Waals surface area contributed by atoms with Crippen molar-refractivity contribution in [1.29, 1.82) is 0 Å². The van der Waals surface area contributed by atoms with E-state index in [1.165, 1.54) is 11.8 Å². The van der Waals surface area contributed by atoms with E-state index in [1.54, 1.807) is 41.9 Å². The Labute approximate surface area is 187 Å². The number of hydrogen-bond donors (Lipinski definition) is 1. The standard InChI is InChI=1S/C22H26N4O3S2/c1-5-19(21(27)23-17-12-11-15(2)16(3)13-17)30-22-25-24-20(26(22)4)14-31(28,29)18-9-7-6-8-10-18/h6-13,19H,5,14H2,1-4H3,(H,23,27). The third kappa shape index (κ3) is 5.54. The number of rotatable bonds is 8. The van der Waals surface area contributed by atoms with E-state index in [9.17, 15) is 13.2 Å². The SMILES string of the molecule is CCC(Sc1nnc(CS(=O)(=O)c2ccccc2)n1C)C(=O)Nc1ccc(C)c(C)c1. The Hall–Kier alpha value is -2.65. The number of nitrogens with zero attached hydrogens (tertiary/aromatic N) is 3. The van der Waals surface area contributed by atoms with E-state index in [-0.39, 0.29) is 21.8 Å². The number of carbonyl (C=O) groups is 1. The first-order valence-corrected chi connectivity index (χ1v) is 12.4. The minimum Gasteiger partial charge on any atom is -0.325 e. The van der Waals surface area contributed by atoms with Crippen LogP contribution in [-0.2, 0) is 27.4 Å². The van der Waals surface area contributed by atoms with Gasteiger partial charge in [-0.05, 0) is 55.7 Å². The fourth-order valence-electron chi connectivity index (χ4n) is 2.95. The van der Waals surface area contributed by atoms with E-state index >= 15 is 0 Å². The molecule has 1 heterocycles. The van der Waals surface area contributed by atoms with Crippen molar-refractivity contribution in [3.63, 3.8) is 0 Å². The molecule has 0 fully saturated rings. The molecule has 0 aliphatic rings. The monoisotopic (exact) mass is 458 g/mol. The van der Waals surface area contributed by atoms with Crippen molar-refractivity contribution in [3.8, 4) is 0 Å². The number of carbonyl (C=O) groups excluding carboxylic acids is 1. The zero-order valence-corrected chi connectivity index (χ0v) is 19.6. The first-order valence-electron chi connectivity index (χ1n) is 9.92. The lowest BCUT2D eigenvalue weighted by atomic mass is 10.1. The molecule has 164 valence electrons. The van der Waals surface area contributed by atoms with Gasteiger partial charge in [0.2, 0.25) is 5.91 Å². The molecule has 31 heavy (non-hydrogen) atoms. The number of anilines is 1. The predicted octanol–water partition coefficient (Wildman–Crippen LogP) is 3.92. The molecule has 9 heteroatoms. The van der Waals surface area contributed by atoms with Crippen molar-refractivity contribution in [2.75, 3.05) is 5.32 Å². The molecule has 7 nitrogen and oxygen atoms in total. The molecule has 2 aromatic carbocycles. The molecule has 3 aromatic rings. The number of aromatic nitrogens is 3. The number of hydrogen-bond acceptors (Lipinski definition) is 6. The topological polar surface area (TPSA) is 93.9 Å². The first-order chi connectivity index (χ1) is 14.7. The highest BCUT2D eigenvalue weighted by Gasteiger charge is 2.24. The van der Waals surface area contributed by atoms with Gasteiger partial charge in [0, 0.05) is 12.7 Å². The number of thioether (sulfide) groups is 1. The molecule has 1 unspecified atom stereocenters. The van der Waals surface area contributed by atoms with E-state index < -0.39 is 9.84 Å². The molecule has 1 N–H and O–H groups in total. The summed E-state index contributed by atoms with van der Waals surface area (Å²) in [6.45, 7) is 5.95. The number of benzene rings is 2. The van der Waals surface area contributed by atoms with Gasteiger partial charge in [0.05, 0.1) is 10.1 Å². The van der Waals surface area contributed by atoms with Crippen molar-refractivity contribution >= 4 is 33.2 Å². The van der Waals surface area contributed by atoms with Crippen molar-refractivity contribution in [2.45, 2.75) is 48.2 Å². The van der Waals surface area contributed by atoms with Crippen LogP contribution in [0.15, 0.2) is 58.6 Å². The Kier molecular flexibility index (Phi) is 7.17. The Morgan fingerprint density at radius 1 is 1.10 bits per heavy atom. The maximum atomic E-state index is 12.8. The molecule has 1 aromatic heterocycles. The van der Waals surface area contributed by atoms with Gasteiger partial charge < -0.3 is 9.88 Å². The van der Waals surface area contributed by atoms with Crippen LogP contribution in [0.3, 0.4) is 0 Å². The lowest BCUT2D eigenvalue weighted by molar-refractivity contribution is -0.115. The highest BCUT2D eigenvalue weighted by atomic mass is 32.2. The Morgan fingerprint density at radius 3 is 2.45 bits per heavy atom. The smallest absolute Gasteiger partial charge is 0.237 e. The maximum Gasteiger partial charge on any atom is 0.237 e. The third-order valence-electron chi connectivity index (χ3n) is 5.03. The summed E-state index contributed by atoms with van der Waals surface area (Å²) >= 11 is 1.28. The minimum atomic E-state index is -3.53. The van der Waals surface area contributed by atoms with Gasteiger partial charge in [0.25, 0.3) is 0 Å². The summed E-state index contributed by atoms with van der Waals surface area (Å²) in [5, 5.41) is 11.3. The van der Waals surface area contributed by atoms with Gasteiger partial charge in [-0.1, -0.05) is 43.0 Å². The molecule has 1 atom stereocenters. The first kappa shape index (κ1) is 23.0. The summed E-state index contributed by atoms with van der Waals surface area (Å²) < 4.78 is 26.9. The molecule has 0 spiro atoms. The predicted molar refractivity (Wildman–Crippen MR) is 123 cm³/mol. The van der Waals surface area contributed by atoms with Gasteiger partial charge in [0.15, 0.2) is 15.0 Å². The molecule has 1 amide bonds. The Morgan fingerprint density at radius 2 is 1.81 bits per heavy atom. The average molecular weight is 459 g/mol. The molecule has 0 aliphatic carbocycles. The van der Waals surface area contributed by atoms with Crippen molar-refractivity contribution < 1.29 is 13.2 Å². The molecule has 0 saturated carbocycles. The fourth-order valence-corrected chi connectivity index (χ4v) is 5.21. The van der Waals surface area contributed by atoms with Crippen molar-refractivity contribution in [3.05, 3.63) is 65.5 Å². The summed E-state index contributed by atoms with van der Waals surface area (Å²) in [5.41, 5.74) is 3.02. The molecular formula is C22H26N4O3S2. The molecule has 0 radical (unpaired) electrons. The van der Waals surface area contributed by atoms with E-state index in [2.05, 4.69) is 15.5 Å². The Balaban J connectivity index is 1.72. The van der Waals surface area contributed by atoms with Gasteiger partial charge >= 0.3 is 0 Å². The quantitative estimate of drug-likeness (QED) is 0.514. The van der Waals surface area contributed by atoms with Crippen LogP contribution in [0.4, 0.5) is 5.69 Å². The van der Waals surface area contributed by atoms with Crippen LogP contribution in [0.2, 0.25) is 0 Å². The van der Waals surface area contributed by atoms with Gasteiger partial charge in [-0.15, -0.1) is 10.2 Å². The zero-order chi connectivity index (χ0) is 22.6. The number of nitrogens with one attached hydrogen (secondary N) is 1. The van der Waals surface area contributed by atoms with Crippen molar-refractivity contribution in [2.24, 2.45) is 7.05 Å². The normalized spacial score (nSPS) is 12.5. The molecule has 3 rings (SSSR count). The Bertz CT molecular complexity index is 1170. The highest BCUT2D eigenvalue weighted by Crippen LogP contribution is 2.26. The highest BCUT2D eigenvalue weighted by molar-refractivity contribution is 8.00. The third-order valence-corrected chi connectivity index (χ3v) is 8.06. The van der Waals surface area contributed by atoms with Crippen LogP contribution in [0.25, 0.3) is 0 Å². The van der Waals surface area contributed by atoms with Crippen LogP contribution in [0, 0.1) is 13.8 Å². The second-order valence-electron chi connectivity index (χ2n) is 7.33. The second-order valence-corrected chi connectivity index (χ2v) is 10.5. The lowest BCUT2D eigenvalue weighted by Crippen LogP contribution is -2.25. The van der Waals surface area contributed by atoms with E-state index in [1.807, 2.05) is 39.0 Å². The van der Waals surface area contributed by atoms with Crippen LogP contribution in [0.1, 0.15) is 30.3 Å². The largest absolute Gasteiger partial charge is 0.325 e. The maximum absolute atomic E-state index is 12.8. The summed E-state index contributed by atoms with van der Waals surface area (Å²) in [6.07, 6.45) is 0.589. The molecule has 0 bridgehead atoms. The van der Waals surface area contributed by atoms with Gasteiger partial charge in [-0.25, -0.2) is 8.42 Å². The molecule has 0 aliphatic heterocycles. The average Bonchev–Trinajstić information content (AvgIpc) is 3.08. The van der Waals surface area contributed by atoms with Crippen LogP contribution >= 0.6 is 11.8 Å². The van der Waals surface area contributed by atoms with Gasteiger partial charge in [0.1, 0.15) is 11.6 Å². The van der Waals surface area contributed by atoms with Gasteiger partial charge in [-0.3, -0.25) is 4.79 Å². The number of aryl methyl sites for hydroxylation is 2. The summed E-state index contributed by atoms with van der Waals surface area (Å²) in [4.78, 5) is 13.0. The van der Waals surface area contributed by atoms with Crippen LogP contribution in [0.5, 0.6) is 0 Å². The summed E-state index contributed by atoms with van der Waals surface area (Å²) in [6, 6.07) is 14.1. The minimum absolute atomic E-state index is 0.128. The van der Waals surface area contributed by atoms with Crippen LogP contribution in [-0.4, -0.2) is 34.3 Å². The fraction of sp³-hybridized carbons (Fsp3) is 0.318. The van der Waals surface area contributed by atoms with Crippen molar-refractivity contribution in [1.82, 2.24) is 14.8 Å². The molecular weight excluding hydrogens is 432 g/mol. The number of amides is 1. The second kappa shape index (κ2) is 9.65. The molecule has 0 saturated heterocycles. The van der Waals surface area contributed by atoms with E-state index in [0.29, 0.717) is 17.4 Å². The van der Waals surface area contributed by atoms with Gasteiger partial charge in [-0.2, -0.15) is 0 Å². The van der Waals surface area contributed by atoms with E-state index in [0.717, 1.165) is 16.8 Å². The summed E-state index contributed by atoms with van der Waals surface area (Å²) in [7, 11) is -1.82. The van der Waals surface area contributed by atoms with Crippen LogP contribution < -0.4 is 5.32 Å². The van der Waals surface area contributed by atoms with E-state index in [4.69, 9.17) is 0 Å².